The summed E-state index contributed by atoms with van der Waals surface area (Å²) in [6, 6.07) is 1.95. The highest BCUT2D eigenvalue weighted by atomic mass is 16.5. The van der Waals surface area contributed by atoms with Gasteiger partial charge in [0.15, 0.2) is 5.78 Å². The molecule has 2 N–H and O–H groups in total. The summed E-state index contributed by atoms with van der Waals surface area (Å²) in [7, 11) is 0. The fraction of sp³-hybridized carbons (Fsp3) is 0.786. The van der Waals surface area contributed by atoms with Crippen LogP contribution in [0.25, 0.3) is 0 Å². The van der Waals surface area contributed by atoms with Crippen molar-refractivity contribution >= 4 is 17.7 Å². The largest absolute Gasteiger partial charge is 0.481 e. The lowest BCUT2D eigenvalue weighted by Gasteiger charge is -2.72. The molecule has 8 heteroatoms. The molecular formula is C42H63N3O5. The van der Waals surface area contributed by atoms with Gasteiger partial charge in [0.05, 0.1) is 17.5 Å². The number of esters is 1. The van der Waals surface area contributed by atoms with E-state index in [0.29, 0.717) is 36.5 Å². The Labute approximate surface area is 300 Å². The monoisotopic (exact) mass is 689 g/mol. The van der Waals surface area contributed by atoms with Crippen molar-refractivity contribution in [3.05, 3.63) is 35.4 Å². The molecule has 6 rings (SSSR count). The van der Waals surface area contributed by atoms with Crippen molar-refractivity contribution in [2.75, 3.05) is 6.54 Å². The number of allylic oxidation sites excluding steroid dienone is 2. The number of hydrogen-bond donors (Lipinski definition) is 2. The second kappa shape index (κ2) is 12.8. The van der Waals surface area contributed by atoms with Gasteiger partial charge in [0.2, 0.25) is 0 Å². The van der Waals surface area contributed by atoms with Gasteiger partial charge in [-0.05, 0) is 130 Å². The van der Waals surface area contributed by atoms with E-state index >= 15 is 0 Å². The molecule has 0 aliphatic heterocycles. The highest BCUT2D eigenvalue weighted by molar-refractivity contribution is 6.00. The number of ketones is 1. The van der Waals surface area contributed by atoms with Crippen molar-refractivity contribution in [2.24, 2.45) is 56.2 Å². The third-order valence-electron chi connectivity index (χ3n) is 15.7. The first kappa shape index (κ1) is 37.2. The first-order valence-corrected chi connectivity index (χ1v) is 19.5. The Bertz CT molecular complexity index is 1530. The van der Waals surface area contributed by atoms with Crippen LogP contribution in [0.15, 0.2) is 29.7 Å². The summed E-state index contributed by atoms with van der Waals surface area (Å²) < 4.78 is 6.17. The van der Waals surface area contributed by atoms with E-state index in [-0.39, 0.29) is 45.5 Å². The minimum absolute atomic E-state index is 0.0526. The van der Waals surface area contributed by atoms with Gasteiger partial charge in [-0.2, -0.15) is 0 Å². The van der Waals surface area contributed by atoms with Gasteiger partial charge in [0.1, 0.15) is 12.4 Å². The summed E-state index contributed by atoms with van der Waals surface area (Å²) in [6.07, 6.45) is 13.3. The van der Waals surface area contributed by atoms with E-state index in [2.05, 4.69) is 63.8 Å². The van der Waals surface area contributed by atoms with Crippen molar-refractivity contribution < 1.29 is 24.2 Å². The van der Waals surface area contributed by atoms with Crippen molar-refractivity contribution in [3.8, 4) is 0 Å². The molecule has 0 spiro atoms. The van der Waals surface area contributed by atoms with Gasteiger partial charge in [-0.1, -0.05) is 54.0 Å². The Hall–Kier alpha value is -2.61. The van der Waals surface area contributed by atoms with E-state index in [9.17, 15) is 19.5 Å². The highest BCUT2D eigenvalue weighted by Gasteiger charge is 2.70. The van der Waals surface area contributed by atoms with Gasteiger partial charge in [0.25, 0.3) is 0 Å². The Morgan fingerprint density at radius 2 is 1.74 bits per heavy atom. The number of carboxylic acids is 1. The number of Topliss-reactive ketones (excluding diaryl/α,β-unsaturated/α-hetero) is 1. The van der Waals surface area contributed by atoms with E-state index in [1.54, 1.807) is 26.4 Å². The first-order valence-electron chi connectivity index (χ1n) is 19.5. The Balaban J connectivity index is 1.24. The molecule has 0 aromatic carbocycles. The van der Waals surface area contributed by atoms with Crippen molar-refractivity contribution in [3.63, 3.8) is 0 Å². The molecular weight excluding hydrogens is 626 g/mol. The Kier molecular flexibility index (Phi) is 9.52. The van der Waals surface area contributed by atoms with Crippen LogP contribution in [0.1, 0.15) is 139 Å². The zero-order valence-electron chi connectivity index (χ0n) is 32.3. The van der Waals surface area contributed by atoms with E-state index in [0.717, 1.165) is 69.2 Å². The van der Waals surface area contributed by atoms with Crippen LogP contribution < -0.4 is 5.32 Å². The summed E-state index contributed by atoms with van der Waals surface area (Å²) >= 11 is 0. The minimum atomic E-state index is -1.15. The highest BCUT2D eigenvalue weighted by Crippen LogP contribution is 2.77. The van der Waals surface area contributed by atoms with Crippen LogP contribution >= 0.6 is 0 Å². The molecule has 4 saturated carbocycles. The molecule has 1 aromatic rings. The van der Waals surface area contributed by atoms with Crippen LogP contribution in [0.2, 0.25) is 0 Å². The van der Waals surface area contributed by atoms with Gasteiger partial charge in [-0.15, -0.1) is 0 Å². The minimum Gasteiger partial charge on any atom is -0.481 e. The number of rotatable bonds is 10. The van der Waals surface area contributed by atoms with Crippen LogP contribution in [0.3, 0.4) is 0 Å². The number of aliphatic carboxylic acids is 1. The van der Waals surface area contributed by atoms with Crippen molar-refractivity contribution in [1.29, 1.82) is 0 Å². The number of carboxylic acid groups (broad SMARTS) is 1. The molecule has 1 aromatic heterocycles. The maximum absolute atomic E-state index is 14.0. The molecule has 0 radical (unpaired) electrons. The molecule has 8 unspecified atom stereocenters. The molecule has 0 saturated heterocycles. The van der Waals surface area contributed by atoms with Crippen LogP contribution in [0, 0.1) is 56.2 Å². The van der Waals surface area contributed by atoms with Gasteiger partial charge in [0, 0.05) is 30.0 Å². The van der Waals surface area contributed by atoms with Crippen LogP contribution in [0.5, 0.6) is 0 Å². The van der Waals surface area contributed by atoms with Crippen LogP contribution in [-0.2, 0) is 25.7 Å². The third kappa shape index (κ3) is 5.78. The first-order chi connectivity index (χ1) is 23.3. The molecule has 1 heterocycles. The quantitative estimate of drug-likeness (QED) is 0.186. The second-order valence-electron chi connectivity index (χ2n) is 19.3. The smallest absolute Gasteiger partial charge is 0.309 e. The lowest BCUT2D eigenvalue weighted by atomic mass is 9.33. The lowest BCUT2D eigenvalue weighted by molar-refractivity contribution is -0.233. The third-order valence-corrected chi connectivity index (χ3v) is 15.7. The number of nitrogens with one attached hydrogen (secondary N) is 1. The molecule has 8 atom stereocenters. The predicted molar refractivity (Wildman–Crippen MR) is 194 cm³/mol. The molecule has 276 valence electrons. The topological polar surface area (TPSA) is 118 Å². The molecule has 0 bridgehead atoms. The zero-order chi connectivity index (χ0) is 36.5. The molecule has 50 heavy (non-hydrogen) atoms. The van der Waals surface area contributed by atoms with E-state index in [4.69, 9.17) is 4.74 Å². The average molecular weight is 690 g/mol. The number of nitrogens with zero attached hydrogens (tertiary/aromatic N) is 2. The van der Waals surface area contributed by atoms with E-state index in [1.165, 1.54) is 12.0 Å². The fourth-order valence-electron chi connectivity index (χ4n) is 12.8. The van der Waals surface area contributed by atoms with Crippen molar-refractivity contribution in [2.45, 2.75) is 146 Å². The molecule has 5 aliphatic carbocycles. The van der Waals surface area contributed by atoms with Gasteiger partial charge < -0.3 is 15.2 Å². The predicted octanol–water partition coefficient (Wildman–Crippen LogP) is 8.35. The number of ether oxygens (including phenoxy) is 1. The van der Waals surface area contributed by atoms with Gasteiger partial charge >= 0.3 is 11.9 Å². The van der Waals surface area contributed by atoms with Gasteiger partial charge in [-0.3, -0.25) is 14.4 Å². The Morgan fingerprint density at radius 3 is 2.40 bits per heavy atom. The summed E-state index contributed by atoms with van der Waals surface area (Å²) in [5.74, 6) is 0.630. The fourth-order valence-corrected chi connectivity index (χ4v) is 12.8. The van der Waals surface area contributed by atoms with Crippen molar-refractivity contribution in [1.82, 2.24) is 15.3 Å². The number of fused-ring (bicyclic) bond motifs is 7. The maximum Gasteiger partial charge on any atom is 0.309 e. The molecule has 0 amide bonds. The van der Waals surface area contributed by atoms with E-state index in [1.807, 2.05) is 6.07 Å². The van der Waals surface area contributed by atoms with Gasteiger partial charge in [-0.25, -0.2) is 9.97 Å². The summed E-state index contributed by atoms with van der Waals surface area (Å²) in [5, 5.41) is 13.2. The number of aromatic nitrogens is 2. The van der Waals surface area contributed by atoms with Crippen LogP contribution in [0.4, 0.5) is 0 Å². The van der Waals surface area contributed by atoms with E-state index < -0.39 is 17.4 Å². The molecule has 5 aliphatic rings. The number of carbonyl (C=O) groups is 3. The number of carbonyl (C=O) groups excluding carboxylic acids is 2. The normalized spacial score (nSPS) is 37.8. The molecule has 4 fully saturated rings. The SMILES string of the molecule is CC(C)C1=C2C3CCC4C5(C)CCC(OC(=O)CC(C)(C)C(=O)O)C(C)(C)C5CCC4(C)C3(C)CCC2(CCNCc2ccncn2)CC1=O. The summed E-state index contributed by atoms with van der Waals surface area (Å²) in [4.78, 5) is 47.2. The average Bonchev–Trinajstić information content (AvgIpc) is 3.33. The summed E-state index contributed by atoms with van der Waals surface area (Å²) in [6.45, 7) is 21.6. The second-order valence-corrected chi connectivity index (χ2v) is 19.3. The maximum atomic E-state index is 14.0. The summed E-state index contributed by atoms with van der Waals surface area (Å²) in [5.41, 5.74) is 2.63. The standard InChI is InChI=1S/C42H63N3O5/c1-26(2)34-29(46)22-42(19-21-43-24-27-14-20-44-25-45-27)18-17-40(8)28(35(34)42)10-11-31-39(7)15-13-32(50-33(47)23-37(3,4)36(48)49)38(5,6)30(39)12-16-41(31,40)9/h14,20,25-26,28,30-32,43H,10-13,15-19,21-24H2,1-9H3,(H,48,49). The van der Waals surface area contributed by atoms with Crippen LogP contribution in [-0.4, -0.2) is 45.4 Å². The number of hydrogen-bond acceptors (Lipinski definition) is 7. The molecule has 8 nitrogen and oxygen atoms in total. The Morgan fingerprint density at radius 1 is 1.00 bits per heavy atom. The zero-order valence-corrected chi connectivity index (χ0v) is 32.3. The lowest BCUT2D eigenvalue weighted by Crippen LogP contribution is -2.65.